The van der Waals surface area contributed by atoms with E-state index in [0.717, 1.165) is 54.9 Å². The average molecular weight is 454 g/mol. The molecule has 3 aromatic heterocycles. The lowest BCUT2D eigenvalue weighted by molar-refractivity contribution is -0.128. The van der Waals surface area contributed by atoms with Gasteiger partial charge in [0.25, 0.3) is 0 Å². The summed E-state index contributed by atoms with van der Waals surface area (Å²) in [6.45, 7) is 4.47. The molecule has 9 nitrogen and oxygen atoms in total. The van der Waals surface area contributed by atoms with Gasteiger partial charge < -0.3 is 19.7 Å². The van der Waals surface area contributed by atoms with Gasteiger partial charge in [-0.25, -0.2) is 15.0 Å². The van der Waals surface area contributed by atoms with Crippen molar-refractivity contribution in [3.05, 3.63) is 23.8 Å². The molecule has 168 valence electrons. The van der Waals surface area contributed by atoms with E-state index in [-0.39, 0.29) is 11.8 Å². The lowest BCUT2D eigenvalue weighted by Crippen LogP contribution is -2.28. The van der Waals surface area contributed by atoms with Gasteiger partial charge in [-0.15, -0.1) is 11.3 Å². The first-order chi connectivity index (χ1) is 15.7. The molecule has 0 unspecified atom stereocenters. The predicted molar refractivity (Wildman–Crippen MR) is 123 cm³/mol. The lowest BCUT2D eigenvalue weighted by atomic mass is 10.3. The summed E-state index contributed by atoms with van der Waals surface area (Å²) in [4.78, 5) is 42.8. The number of rotatable bonds is 9. The van der Waals surface area contributed by atoms with Crippen molar-refractivity contribution >= 4 is 40.1 Å². The third-order valence-electron chi connectivity index (χ3n) is 6.06. The standard InChI is InChI=1S/C22H27N7O2S/c30-17-6-1-9-27(17)11-4-8-23-21-19-22(26-20(25-21)16-5-3-14-32-16)29(15-24-19)13-12-28-10-2-7-18(28)31/h3,5,14-15H,1-2,4,6-13H2,(H,23,25,26). The number of imidazole rings is 1. The summed E-state index contributed by atoms with van der Waals surface area (Å²) in [7, 11) is 0. The minimum atomic E-state index is 0.224. The molecule has 0 aliphatic carbocycles. The van der Waals surface area contributed by atoms with Crippen LogP contribution < -0.4 is 5.32 Å². The van der Waals surface area contributed by atoms with Gasteiger partial charge in [-0.05, 0) is 30.7 Å². The zero-order chi connectivity index (χ0) is 21.9. The molecule has 0 spiro atoms. The van der Waals surface area contributed by atoms with E-state index in [1.807, 2.05) is 31.9 Å². The Labute approximate surface area is 190 Å². The van der Waals surface area contributed by atoms with Crippen LogP contribution in [-0.2, 0) is 16.1 Å². The van der Waals surface area contributed by atoms with E-state index in [1.54, 1.807) is 17.7 Å². The minimum Gasteiger partial charge on any atom is -0.368 e. The Morgan fingerprint density at radius 2 is 1.78 bits per heavy atom. The highest BCUT2D eigenvalue weighted by molar-refractivity contribution is 7.13. The van der Waals surface area contributed by atoms with E-state index in [1.165, 1.54) is 0 Å². The van der Waals surface area contributed by atoms with Crippen molar-refractivity contribution in [1.82, 2.24) is 29.3 Å². The molecule has 5 rings (SSSR count). The first kappa shape index (κ1) is 20.9. The Morgan fingerprint density at radius 1 is 1.00 bits per heavy atom. The summed E-state index contributed by atoms with van der Waals surface area (Å²) in [6, 6.07) is 4.00. The molecule has 0 bridgehead atoms. The molecule has 2 saturated heterocycles. The van der Waals surface area contributed by atoms with Crippen LogP contribution in [0.15, 0.2) is 23.8 Å². The van der Waals surface area contributed by atoms with Gasteiger partial charge in [-0.3, -0.25) is 9.59 Å². The Morgan fingerprint density at radius 3 is 2.47 bits per heavy atom. The van der Waals surface area contributed by atoms with E-state index in [2.05, 4.69) is 10.3 Å². The SMILES string of the molecule is O=C1CCCN1CCCNc1nc(-c2cccs2)nc2c1ncn2CCN1CCCC1=O. The van der Waals surface area contributed by atoms with Gasteiger partial charge in [0.05, 0.1) is 11.2 Å². The van der Waals surface area contributed by atoms with Gasteiger partial charge in [0.1, 0.15) is 5.52 Å². The molecule has 2 fully saturated rings. The summed E-state index contributed by atoms with van der Waals surface area (Å²) in [6.07, 6.45) is 5.85. The highest BCUT2D eigenvalue weighted by atomic mass is 32.1. The number of carbonyl (C=O) groups excluding carboxylic acids is 2. The minimum absolute atomic E-state index is 0.224. The van der Waals surface area contributed by atoms with Crippen LogP contribution in [-0.4, -0.2) is 73.9 Å². The molecular weight excluding hydrogens is 426 g/mol. The van der Waals surface area contributed by atoms with Crippen molar-refractivity contribution in [3.8, 4) is 10.7 Å². The summed E-state index contributed by atoms with van der Waals surface area (Å²) < 4.78 is 2.01. The third-order valence-corrected chi connectivity index (χ3v) is 6.92. The normalized spacial score (nSPS) is 16.6. The number of thiophene rings is 1. The number of hydrogen-bond acceptors (Lipinski definition) is 7. The lowest BCUT2D eigenvalue weighted by Gasteiger charge is -2.16. The third kappa shape index (κ3) is 4.32. The summed E-state index contributed by atoms with van der Waals surface area (Å²) in [5.41, 5.74) is 1.50. The maximum atomic E-state index is 12.0. The van der Waals surface area contributed by atoms with Crippen molar-refractivity contribution in [2.45, 2.75) is 38.6 Å². The van der Waals surface area contributed by atoms with E-state index in [0.29, 0.717) is 44.1 Å². The fraction of sp³-hybridized carbons (Fsp3) is 0.500. The zero-order valence-corrected chi connectivity index (χ0v) is 18.8. The number of nitrogens with one attached hydrogen (secondary N) is 1. The molecule has 5 heterocycles. The molecule has 2 aliphatic heterocycles. The quantitative estimate of drug-likeness (QED) is 0.501. The molecule has 3 aromatic rings. The summed E-state index contributed by atoms with van der Waals surface area (Å²) in [5, 5.41) is 5.43. The van der Waals surface area contributed by atoms with Crippen molar-refractivity contribution in [2.75, 3.05) is 38.0 Å². The van der Waals surface area contributed by atoms with Gasteiger partial charge >= 0.3 is 0 Å². The predicted octanol–water partition coefficient (Wildman–Crippen LogP) is 2.60. The first-order valence-corrected chi connectivity index (χ1v) is 12.1. The number of nitrogens with zero attached hydrogens (tertiary/aromatic N) is 6. The monoisotopic (exact) mass is 453 g/mol. The maximum Gasteiger partial charge on any atom is 0.222 e. The molecule has 0 atom stereocenters. The molecule has 2 amide bonds. The van der Waals surface area contributed by atoms with Crippen LogP contribution in [0.5, 0.6) is 0 Å². The fourth-order valence-electron chi connectivity index (χ4n) is 4.33. The van der Waals surface area contributed by atoms with E-state index in [4.69, 9.17) is 9.97 Å². The van der Waals surface area contributed by atoms with E-state index in [9.17, 15) is 9.59 Å². The molecule has 0 saturated carbocycles. The van der Waals surface area contributed by atoms with Crippen LogP contribution >= 0.6 is 11.3 Å². The molecule has 1 N–H and O–H groups in total. The Bertz CT molecular complexity index is 1110. The summed E-state index contributed by atoms with van der Waals surface area (Å²) >= 11 is 1.60. The topological polar surface area (TPSA) is 96.2 Å². The Kier molecular flexibility index (Phi) is 6.02. The van der Waals surface area contributed by atoms with Crippen molar-refractivity contribution in [3.63, 3.8) is 0 Å². The molecule has 0 radical (unpaired) electrons. The average Bonchev–Trinajstić information content (AvgIpc) is 3.58. The fourth-order valence-corrected chi connectivity index (χ4v) is 4.99. The Hall–Kier alpha value is -3.01. The van der Waals surface area contributed by atoms with Crippen LogP contribution in [0, 0.1) is 0 Å². The van der Waals surface area contributed by atoms with Crippen LogP contribution in [0.3, 0.4) is 0 Å². The number of fused-ring (bicyclic) bond motifs is 1. The molecule has 0 aromatic carbocycles. The van der Waals surface area contributed by atoms with Crippen LogP contribution in [0.25, 0.3) is 21.9 Å². The van der Waals surface area contributed by atoms with E-state index >= 15 is 0 Å². The highest BCUT2D eigenvalue weighted by Crippen LogP contribution is 2.27. The molecular formula is C22H27N7O2S. The number of amides is 2. The Balaban J connectivity index is 1.34. The number of anilines is 1. The maximum absolute atomic E-state index is 12.0. The second-order valence-corrected chi connectivity index (χ2v) is 9.18. The van der Waals surface area contributed by atoms with Gasteiger partial charge in [0, 0.05) is 52.1 Å². The van der Waals surface area contributed by atoms with E-state index < -0.39 is 0 Å². The van der Waals surface area contributed by atoms with Crippen LogP contribution in [0.2, 0.25) is 0 Å². The molecule has 2 aliphatic rings. The van der Waals surface area contributed by atoms with Gasteiger partial charge in [-0.2, -0.15) is 0 Å². The zero-order valence-electron chi connectivity index (χ0n) is 18.0. The van der Waals surface area contributed by atoms with Gasteiger partial charge in [0.2, 0.25) is 11.8 Å². The first-order valence-electron chi connectivity index (χ1n) is 11.3. The second-order valence-electron chi connectivity index (χ2n) is 8.23. The van der Waals surface area contributed by atoms with Crippen molar-refractivity contribution < 1.29 is 9.59 Å². The number of hydrogen-bond donors (Lipinski definition) is 1. The number of carbonyl (C=O) groups is 2. The summed E-state index contributed by atoms with van der Waals surface area (Å²) in [5.74, 6) is 1.86. The van der Waals surface area contributed by atoms with Crippen LogP contribution in [0.4, 0.5) is 5.82 Å². The van der Waals surface area contributed by atoms with Crippen molar-refractivity contribution in [1.29, 1.82) is 0 Å². The number of aromatic nitrogens is 4. The smallest absolute Gasteiger partial charge is 0.222 e. The van der Waals surface area contributed by atoms with Gasteiger partial charge in [-0.1, -0.05) is 6.07 Å². The molecule has 32 heavy (non-hydrogen) atoms. The largest absolute Gasteiger partial charge is 0.368 e. The molecule has 10 heteroatoms. The van der Waals surface area contributed by atoms with Crippen molar-refractivity contribution in [2.24, 2.45) is 0 Å². The second kappa shape index (κ2) is 9.23. The number of likely N-dealkylation sites (tertiary alicyclic amines) is 2. The van der Waals surface area contributed by atoms with Crippen LogP contribution in [0.1, 0.15) is 32.1 Å². The highest BCUT2D eigenvalue weighted by Gasteiger charge is 2.21. The van der Waals surface area contributed by atoms with Gasteiger partial charge in [0.15, 0.2) is 17.3 Å².